The molecule has 2 aromatic carbocycles. The van der Waals surface area contributed by atoms with Crippen molar-refractivity contribution in [3.8, 4) is 0 Å². The highest BCUT2D eigenvalue weighted by Crippen LogP contribution is 2.20. The van der Waals surface area contributed by atoms with E-state index in [1.807, 2.05) is 42.5 Å². The van der Waals surface area contributed by atoms with E-state index in [9.17, 15) is 9.59 Å². The largest absolute Gasteiger partial charge is 0.352 e. The smallest absolute Gasteiger partial charge is 0.223 e. The summed E-state index contributed by atoms with van der Waals surface area (Å²) in [6.45, 7) is 6.48. The molecule has 1 N–H and O–H groups in total. The number of anilines is 1. The second-order valence-corrected chi connectivity index (χ2v) is 6.94. The lowest BCUT2D eigenvalue weighted by atomic mass is 10.0. The van der Waals surface area contributed by atoms with Crippen LogP contribution in [0.4, 0.5) is 5.69 Å². The zero-order chi connectivity index (χ0) is 19.1. The predicted molar refractivity (Wildman–Crippen MR) is 106 cm³/mol. The number of amides is 2. The Kier molecular flexibility index (Phi) is 7.22. The Balaban J connectivity index is 1.92. The Morgan fingerprint density at radius 2 is 1.73 bits per heavy atom. The van der Waals surface area contributed by atoms with Crippen molar-refractivity contribution in [2.45, 2.75) is 39.7 Å². The molecule has 26 heavy (non-hydrogen) atoms. The summed E-state index contributed by atoms with van der Waals surface area (Å²) in [6, 6.07) is 15.3. The lowest BCUT2D eigenvalue weighted by molar-refractivity contribution is -0.121. The molecule has 0 bridgehead atoms. The number of hydrogen-bond acceptors (Lipinski definition) is 2. The first-order valence-electron chi connectivity index (χ1n) is 8.76. The van der Waals surface area contributed by atoms with Gasteiger partial charge in [-0.15, -0.1) is 0 Å². The Morgan fingerprint density at radius 3 is 2.31 bits per heavy atom. The van der Waals surface area contributed by atoms with Gasteiger partial charge in [0.2, 0.25) is 11.8 Å². The highest BCUT2D eigenvalue weighted by molar-refractivity contribution is 6.31. The highest BCUT2D eigenvalue weighted by atomic mass is 35.5. The molecular formula is C21H25ClN2O2. The highest BCUT2D eigenvalue weighted by Gasteiger charge is 2.14. The molecule has 0 radical (unpaired) electrons. The molecule has 0 saturated carbocycles. The first kappa shape index (κ1) is 20.0. The van der Waals surface area contributed by atoms with E-state index in [-0.39, 0.29) is 18.2 Å². The molecule has 2 rings (SSSR count). The third kappa shape index (κ3) is 5.60. The molecule has 2 amide bonds. The molecule has 0 aromatic heterocycles. The van der Waals surface area contributed by atoms with Crippen LogP contribution in [0, 0.1) is 0 Å². The summed E-state index contributed by atoms with van der Waals surface area (Å²) < 4.78 is 0. The minimum atomic E-state index is -0.116. The molecule has 0 spiro atoms. The summed E-state index contributed by atoms with van der Waals surface area (Å²) in [5.41, 5.74) is 2.89. The van der Waals surface area contributed by atoms with E-state index >= 15 is 0 Å². The molecule has 0 unspecified atom stereocenters. The van der Waals surface area contributed by atoms with Crippen molar-refractivity contribution in [3.05, 3.63) is 64.7 Å². The number of hydrogen-bond donors (Lipinski definition) is 1. The van der Waals surface area contributed by atoms with Gasteiger partial charge in [-0.1, -0.05) is 55.8 Å². The normalized spacial score (nSPS) is 10.7. The molecule has 4 nitrogen and oxygen atoms in total. The van der Waals surface area contributed by atoms with Gasteiger partial charge in [0.05, 0.1) is 0 Å². The van der Waals surface area contributed by atoms with E-state index in [4.69, 9.17) is 11.6 Å². The number of nitrogens with zero attached hydrogens (tertiary/aromatic N) is 1. The molecule has 138 valence electrons. The monoisotopic (exact) mass is 372 g/mol. The van der Waals surface area contributed by atoms with Gasteiger partial charge in [-0.3, -0.25) is 9.59 Å². The maximum atomic E-state index is 12.1. The van der Waals surface area contributed by atoms with E-state index in [1.54, 1.807) is 11.0 Å². The first-order chi connectivity index (χ1) is 12.4. The molecule has 0 fully saturated rings. The fourth-order valence-corrected chi connectivity index (χ4v) is 2.85. The van der Waals surface area contributed by atoms with Gasteiger partial charge in [-0.05, 0) is 35.2 Å². The minimum Gasteiger partial charge on any atom is -0.352 e. The fourth-order valence-electron chi connectivity index (χ4n) is 2.64. The lowest BCUT2D eigenvalue weighted by Crippen LogP contribution is -2.33. The molecule has 0 aliphatic heterocycles. The number of rotatable bonds is 7. The molecule has 0 aliphatic rings. The topological polar surface area (TPSA) is 49.4 Å². The van der Waals surface area contributed by atoms with Crippen LogP contribution in [-0.4, -0.2) is 18.4 Å². The number of carbonyl (C=O) groups is 2. The van der Waals surface area contributed by atoms with E-state index in [0.29, 0.717) is 24.0 Å². The van der Waals surface area contributed by atoms with Gasteiger partial charge in [-0.25, -0.2) is 0 Å². The predicted octanol–water partition coefficient (Wildman–Crippen LogP) is 4.52. The third-order valence-electron chi connectivity index (χ3n) is 4.25. The van der Waals surface area contributed by atoms with Gasteiger partial charge < -0.3 is 10.2 Å². The summed E-state index contributed by atoms with van der Waals surface area (Å²) >= 11 is 6.09. The van der Waals surface area contributed by atoms with E-state index in [1.165, 1.54) is 12.5 Å². The quantitative estimate of drug-likeness (QED) is 0.776. The second kappa shape index (κ2) is 9.39. The number of carbonyl (C=O) groups excluding carboxylic acids is 2. The van der Waals surface area contributed by atoms with Crippen molar-refractivity contribution in [1.82, 2.24) is 5.32 Å². The second-order valence-electron chi connectivity index (χ2n) is 6.54. The molecule has 0 heterocycles. The molecule has 0 aliphatic carbocycles. The van der Waals surface area contributed by atoms with Gasteiger partial charge in [0, 0.05) is 37.1 Å². The van der Waals surface area contributed by atoms with Gasteiger partial charge in [0.15, 0.2) is 0 Å². The van der Waals surface area contributed by atoms with Gasteiger partial charge >= 0.3 is 0 Å². The number of halogens is 1. The average molecular weight is 373 g/mol. The molecule has 0 atom stereocenters. The Morgan fingerprint density at radius 1 is 1.08 bits per heavy atom. The maximum Gasteiger partial charge on any atom is 0.223 e. The fraction of sp³-hybridized carbons (Fsp3) is 0.333. The van der Waals surface area contributed by atoms with Gasteiger partial charge in [0.25, 0.3) is 0 Å². The Labute approximate surface area is 160 Å². The van der Waals surface area contributed by atoms with Crippen LogP contribution in [0.25, 0.3) is 0 Å². The minimum absolute atomic E-state index is 0.0822. The van der Waals surface area contributed by atoms with Crippen LogP contribution < -0.4 is 10.2 Å². The summed E-state index contributed by atoms with van der Waals surface area (Å²) in [5.74, 6) is 0.238. The summed E-state index contributed by atoms with van der Waals surface area (Å²) in [5, 5.41) is 3.48. The van der Waals surface area contributed by atoms with E-state index < -0.39 is 0 Å². The zero-order valence-electron chi connectivity index (χ0n) is 15.5. The number of nitrogens with one attached hydrogen (secondary N) is 1. The van der Waals surface area contributed by atoms with Crippen molar-refractivity contribution < 1.29 is 9.59 Å². The first-order valence-corrected chi connectivity index (χ1v) is 9.14. The van der Waals surface area contributed by atoms with E-state index in [2.05, 4.69) is 19.2 Å². The van der Waals surface area contributed by atoms with Crippen molar-refractivity contribution in [3.63, 3.8) is 0 Å². The van der Waals surface area contributed by atoms with E-state index in [0.717, 1.165) is 11.3 Å². The van der Waals surface area contributed by atoms with Crippen LogP contribution in [0.1, 0.15) is 44.2 Å². The van der Waals surface area contributed by atoms with Crippen molar-refractivity contribution in [1.29, 1.82) is 0 Å². The lowest BCUT2D eigenvalue weighted by Gasteiger charge is -2.21. The molecule has 5 heteroatoms. The Bertz CT molecular complexity index is 757. The maximum absolute atomic E-state index is 12.1. The molecule has 0 saturated heterocycles. The molecular weight excluding hydrogens is 348 g/mol. The van der Waals surface area contributed by atoms with Crippen molar-refractivity contribution in [2.24, 2.45) is 0 Å². The van der Waals surface area contributed by atoms with Crippen LogP contribution in [0.15, 0.2) is 48.5 Å². The van der Waals surface area contributed by atoms with Crippen LogP contribution in [0.5, 0.6) is 0 Å². The average Bonchev–Trinajstić information content (AvgIpc) is 2.61. The summed E-state index contributed by atoms with van der Waals surface area (Å²) in [7, 11) is 0. The third-order valence-corrected chi connectivity index (χ3v) is 4.62. The van der Waals surface area contributed by atoms with Crippen LogP contribution in [0.2, 0.25) is 5.02 Å². The van der Waals surface area contributed by atoms with Crippen LogP contribution in [-0.2, 0) is 16.1 Å². The zero-order valence-corrected chi connectivity index (χ0v) is 16.2. The van der Waals surface area contributed by atoms with Crippen LogP contribution >= 0.6 is 11.6 Å². The Hall–Kier alpha value is -2.33. The van der Waals surface area contributed by atoms with Gasteiger partial charge in [0.1, 0.15) is 0 Å². The summed E-state index contributed by atoms with van der Waals surface area (Å²) in [4.78, 5) is 25.7. The molecule has 2 aromatic rings. The van der Waals surface area contributed by atoms with Crippen molar-refractivity contribution in [2.75, 3.05) is 11.4 Å². The number of benzene rings is 2. The van der Waals surface area contributed by atoms with Gasteiger partial charge in [-0.2, -0.15) is 0 Å². The summed E-state index contributed by atoms with van der Waals surface area (Å²) in [6.07, 6.45) is 0.232. The van der Waals surface area contributed by atoms with Crippen molar-refractivity contribution >= 4 is 29.1 Å². The standard InChI is InChI=1S/C21H25ClN2O2/c1-15(2)17-8-10-19(11-9-17)24(16(3)25)13-12-21(26)23-14-18-6-4-5-7-20(18)22/h4-11,15H,12-14H2,1-3H3,(H,23,26). The van der Waals surface area contributed by atoms with Crippen LogP contribution in [0.3, 0.4) is 0 Å². The SMILES string of the molecule is CC(=O)N(CCC(=O)NCc1ccccc1Cl)c1ccc(C(C)C)cc1.